The number of morpholine rings is 1. The second-order valence-electron chi connectivity index (χ2n) is 7.19. The normalized spacial score (nSPS) is 28.5. The van der Waals surface area contributed by atoms with E-state index in [0.29, 0.717) is 12.6 Å². The highest BCUT2D eigenvalue weighted by Crippen LogP contribution is 2.37. The second kappa shape index (κ2) is 6.99. The van der Waals surface area contributed by atoms with Crippen molar-refractivity contribution >= 4 is 6.03 Å². The van der Waals surface area contributed by atoms with Crippen LogP contribution in [0, 0.1) is 11.8 Å². The summed E-state index contributed by atoms with van der Waals surface area (Å²) in [4.78, 5) is 14.6. The Morgan fingerprint density at radius 1 is 1.10 bits per heavy atom. The molecule has 3 aliphatic rings. The van der Waals surface area contributed by atoms with Crippen molar-refractivity contribution in [2.24, 2.45) is 11.8 Å². The van der Waals surface area contributed by atoms with Gasteiger partial charge in [0.15, 0.2) is 0 Å². The summed E-state index contributed by atoms with van der Waals surface area (Å²) in [5.74, 6) is 1.44. The highest BCUT2D eigenvalue weighted by Gasteiger charge is 2.35. The molecule has 0 aromatic heterocycles. The Kier molecular flexibility index (Phi) is 5.04. The van der Waals surface area contributed by atoms with Gasteiger partial charge in [-0.2, -0.15) is 0 Å². The number of ether oxygens (including phenoxy) is 1. The van der Waals surface area contributed by atoms with Gasteiger partial charge in [-0.1, -0.05) is 25.7 Å². The molecule has 2 aliphatic carbocycles. The molecule has 0 radical (unpaired) electrons. The molecule has 1 N–H and O–H groups in total. The van der Waals surface area contributed by atoms with E-state index in [9.17, 15) is 4.79 Å². The van der Waals surface area contributed by atoms with Crippen LogP contribution in [0.2, 0.25) is 0 Å². The summed E-state index contributed by atoms with van der Waals surface area (Å²) in [5.41, 5.74) is 0. The minimum absolute atomic E-state index is 0.147. The van der Waals surface area contributed by atoms with Crippen LogP contribution in [0.3, 0.4) is 0 Å². The fourth-order valence-electron chi connectivity index (χ4n) is 4.49. The van der Waals surface area contributed by atoms with E-state index < -0.39 is 0 Å². The molecule has 1 heterocycles. The second-order valence-corrected chi connectivity index (χ2v) is 7.19. The lowest BCUT2D eigenvalue weighted by molar-refractivity contribution is -0.00453. The van der Waals surface area contributed by atoms with Crippen molar-refractivity contribution in [2.45, 2.75) is 70.4 Å². The third kappa shape index (κ3) is 3.71. The summed E-state index contributed by atoms with van der Waals surface area (Å²) in [7, 11) is 0. The standard InChI is InChI=1S/C17H30N2O2/c1-13-12-19(10-11-21-13)17(20)18-16(14-6-2-3-7-14)15-8-4-5-9-15/h13-16H,2-12H2,1H3,(H,18,20). The van der Waals surface area contributed by atoms with E-state index in [0.717, 1.165) is 24.9 Å². The SMILES string of the molecule is CC1CN(C(=O)NC(C2CCCC2)C2CCCC2)CCO1. The molecule has 120 valence electrons. The Morgan fingerprint density at radius 2 is 1.67 bits per heavy atom. The van der Waals surface area contributed by atoms with Gasteiger partial charge in [0, 0.05) is 19.1 Å². The number of urea groups is 1. The Bertz CT molecular complexity index is 333. The molecule has 0 aromatic rings. The van der Waals surface area contributed by atoms with Crippen LogP contribution in [0.25, 0.3) is 0 Å². The lowest BCUT2D eigenvalue weighted by Crippen LogP contribution is -2.54. The molecule has 3 rings (SSSR count). The molecule has 1 unspecified atom stereocenters. The first-order valence-electron chi connectivity index (χ1n) is 8.91. The van der Waals surface area contributed by atoms with E-state index in [1.54, 1.807) is 0 Å². The van der Waals surface area contributed by atoms with Gasteiger partial charge in [0.1, 0.15) is 0 Å². The minimum Gasteiger partial charge on any atom is -0.375 e. The van der Waals surface area contributed by atoms with Crippen molar-refractivity contribution < 1.29 is 9.53 Å². The number of carbonyl (C=O) groups is 1. The Labute approximate surface area is 128 Å². The van der Waals surface area contributed by atoms with Gasteiger partial charge in [-0.3, -0.25) is 0 Å². The summed E-state index contributed by atoms with van der Waals surface area (Å²) < 4.78 is 5.54. The number of nitrogens with one attached hydrogen (secondary N) is 1. The predicted molar refractivity (Wildman–Crippen MR) is 83.2 cm³/mol. The average Bonchev–Trinajstić information content (AvgIpc) is 3.18. The van der Waals surface area contributed by atoms with Crippen LogP contribution in [0.1, 0.15) is 58.3 Å². The maximum atomic E-state index is 12.6. The summed E-state index contributed by atoms with van der Waals surface area (Å²) in [6.07, 6.45) is 10.8. The molecule has 1 saturated heterocycles. The van der Waals surface area contributed by atoms with Crippen LogP contribution in [0.15, 0.2) is 0 Å². The van der Waals surface area contributed by atoms with Crippen molar-refractivity contribution in [3.8, 4) is 0 Å². The smallest absolute Gasteiger partial charge is 0.317 e. The van der Waals surface area contributed by atoms with Crippen LogP contribution in [0.5, 0.6) is 0 Å². The maximum Gasteiger partial charge on any atom is 0.317 e. The first-order chi connectivity index (χ1) is 10.2. The highest BCUT2D eigenvalue weighted by atomic mass is 16.5. The van der Waals surface area contributed by atoms with Crippen molar-refractivity contribution in [2.75, 3.05) is 19.7 Å². The summed E-state index contributed by atoms with van der Waals surface area (Å²) in [6, 6.07) is 0.564. The van der Waals surface area contributed by atoms with Gasteiger partial charge in [-0.05, 0) is 44.4 Å². The molecular formula is C17H30N2O2. The largest absolute Gasteiger partial charge is 0.375 e. The number of nitrogens with zero attached hydrogens (tertiary/aromatic N) is 1. The van der Waals surface area contributed by atoms with Crippen LogP contribution in [-0.2, 0) is 4.74 Å². The van der Waals surface area contributed by atoms with Gasteiger partial charge < -0.3 is 15.0 Å². The predicted octanol–water partition coefficient (Wildman–Crippen LogP) is 3.17. The van der Waals surface area contributed by atoms with Crippen LogP contribution >= 0.6 is 0 Å². The Hall–Kier alpha value is -0.770. The van der Waals surface area contributed by atoms with E-state index in [4.69, 9.17) is 4.74 Å². The average molecular weight is 294 g/mol. The molecule has 1 atom stereocenters. The number of amides is 2. The number of rotatable bonds is 3. The van der Waals surface area contributed by atoms with E-state index in [-0.39, 0.29) is 12.1 Å². The maximum absolute atomic E-state index is 12.6. The topological polar surface area (TPSA) is 41.6 Å². The molecule has 0 bridgehead atoms. The fourth-order valence-corrected chi connectivity index (χ4v) is 4.49. The van der Waals surface area contributed by atoms with Crippen LogP contribution in [0.4, 0.5) is 4.79 Å². The Balaban J connectivity index is 1.61. The van der Waals surface area contributed by atoms with Gasteiger partial charge in [0.05, 0.1) is 12.7 Å². The van der Waals surface area contributed by atoms with Crippen molar-refractivity contribution in [3.63, 3.8) is 0 Å². The van der Waals surface area contributed by atoms with Crippen molar-refractivity contribution in [3.05, 3.63) is 0 Å². The monoisotopic (exact) mass is 294 g/mol. The molecule has 4 nitrogen and oxygen atoms in total. The zero-order valence-electron chi connectivity index (χ0n) is 13.4. The van der Waals surface area contributed by atoms with Crippen molar-refractivity contribution in [1.29, 1.82) is 0 Å². The fraction of sp³-hybridized carbons (Fsp3) is 0.941. The molecule has 4 heteroatoms. The van der Waals surface area contributed by atoms with Gasteiger partial charge in [0.25, 0.3) is 0 Å². The highest BCUT2D eigenvalue weighted by molar-refractivity contribution is 5.74. The first-order valence-corrected chi connectivity index (χ1v) is 8.91. The lowest BCUT2D eigenvalue weighted by Gasteiger charge is -2.36. The molecule has 1 aliphatic heterocycles. The summed E-state index contributed by atoms with van der Waals surface area (Å²) in [6.45, 7) is 4.18. The Morgan fingerprint density at radius 3 is 2.19 bits per heavy atom. The van der Waals surface area contributed by atoms with E-state index >= 15 is 0 Å². The van der Waals surface area contributed by atoms with Crippen LogP contribution in [-0.4, -0.2) is 42.8 Å². The zero-order valence-corrected chi connectivity index (χ0v) is 13.4. The quantitative estimate of drug-likeness (QED) is 0.868. The summed E-state index contributed by atoms with van der Waals surface area (Å²) in [5, 5.41) is 3.42. The lowest BCUT2D eigenvalue weighted by atomic mass is 9.86. The molecule has 21 heavy (non-hydrogen) atoms. The van der Waals surface area contributed by atoms with Gasteiger partial charge in [-0.25, -0.2) is 4.79 Å². The van der Waals surface area contributed by atoms with Crippen molar-refractivity contribution in [1.82, 2.24) is 10.2 Å². The molecular weight excluding hydrogens is 264 g/mol. The van der Waals surface area contributed by atoms with Gasteiger partial charge in [-0.15, -0.1) is 0 Å². The third-order valence-corrected chi connectivity index (χ3v) is 5.63. The molecule has 2 amide bonds. The molecule has 3 fully saturated rings. The molecule has 0 aromatic carbocycles. The van der Waals surface area contributed by atoms with E-state index in [1.807, 2.05) is 11.8 Å². The number of carbonyl (C=O) groups excluding carboxylic acids is 1. The summed E-state index contributed by atoms with van der Waals surface area (Å²) >= 11 is 0. The van der Waals surface area contributed by atoms with E-state index in [1.165, 1.54) is 51.4 Å². The minimum atomic E-state index is 0.147. The number of hydrogen-bond acceptors (Lipinski definition) is 2. The van der Waals surface area contributed by atoms with Crippen LogP contribution < -0.4 is 5.32 Å². The molecule has 0 spiro atoms. The molecule has 2 saturated carbocycles. The van der Waals surface area contributed by atoms with Gasteiger partial charge >= 0.3 is 6.03 Å². The number of hydrogen-bond donors (Lipinski definition) is 1. The first kappa shape index (κ1) is 15.1. The van der Waals surface area contributed by atoms with Gasteiger partial charge in [0.2, 0.25) is 0 Å². The zero-order chi connectivity index (χ0) is 14.7. The van der Waals surface area contributed by atoms with E-state index in [2.05, 4.69) is 5.32 Å². The third-order valence-electron chi connectivity index (χ3n) is 5.63.